The molecular weight excluding hydrogens is 688 g/mol. The third-order valence-corrected chi connectivity index (χ3v) is 9.65. The van der Waals surface area contributed by atoms with Gasteiger partial charge in [-0.25, -0.2) is 4.79 Å². The molecule has 0 radical (unpaired) electrons. The number of amides is 3. The van der Waals surface area contributed by atoms with Crippen LogP contribution in [0.5, 0.6) is 11.5 Å². The molecule has 0 spiro atoms. The minimum absolute atomic E-state index is 0.111. The van der Waals surface area contributed by atoms with Gasteiger partial charge in [0.1, 0.15) is 11.4 Å². The Morgan fingerprint density at radius 2 is 1.59 bits per heavy atom. The molecule has 2 aliphatic rings. The Balaban J connectivity index is 0.915. The van der Waals surface area contributed by atoms with Crippen molar-refractivity contribution in [1.82, 2.24) is 14.0 Å². The first kappa shape index (κ1) is 35.8. The maximum Gasteiger partial charge on any atom is 0.354 e. The van der Waals surface area contributed by atoms with Crippen molar-refractivity contribution in [1.29, 1.82) is 0 Å². The fraction of sp³-hybridized carbons (Fsp3) is 0.244. The zero-order valence-corrected chi connectivity index (χ0v) is 30.4. The Bertz CT molecular complexity index is 2290. The SMILES string of the molecule is COC(=O)c1cc(-c2ccc(NC(=O)c3cc(NC(=O)CCCOc4cc5c(cc4OC)C(=O)N4Cc6ccccc6C[C@H]4C=N5)cn3C)cc2)cn1C. The Morgan fingerprint density at radius 3 is 2.35 bits per heavy atom. The van der Waals surface area contributed by atoms with Crippen molar-refractivity contribution in [3.8, 4) is 22.6 Å². The van der Waals surface area contributed by atoms with E-state index in [0.717, 1.165) is 16.7 Å². The molecule has 4 heterocycles. The number of aliphatic imine (C=N–C) groups is 1. The average Bonchev–Trinajstić information content (AvgIpc) is 3.72. The van der Waals surface area contributed by atoms with Gasteiger partial charge in [0.2, 0.25) is 5.91 Å². The minimum Gasteiger partial charge on any atom is -0.493 e. The van der Waals surface area contributed by atoms with Crippen molar-refractivity contribution in [2.45, 2.75) is 31.8 Å². The normalized spacial score (nSPS) is 14.3. The van der Waals surface area contributed by atoms with Crippen molar-refractivity contribution in [2.75, 3.05) is 31.5 Å². The molecule has 0 saturated carbocycles. The molecule has 54 heavy (non-hydrogen) atoms. The molecule has 2 N–H and O–H groups in total. The zero-order valence-electron chi connectivity index (χ0n) is 30.4. The Kier molecular flexibility index (Phi) is 10.0. The topological polar surface area (TPSA) is 145 Å². The maximum atomic E-state index is 13.6. The van der Waals surface area contributed by atoms with Crippen LogP contribution < -0.4 is 20.1 Å². The summed E-state index contributed by atoms with van der Waals surface area (Å²) in [4.78, 5) is 58.1. The molecule has 13 nitrogen and oxygen atoms in total. The molecule has 13 heteroatoms. The lowest BCUT2D eigenvalue weighted by molar-refractivity contribution is -0.116. The Morgan fingerprint density at radius 1 is 0.833 bits per heavy atom. The van der Waals surface area contributed by atoms with Crippen molar-refractivity contribution in [3.05, 3.63) is 113 Å². The number of hydrogen-bond acceptors (Lipinski definition) is 8. The van der Waals surface area contributed by atoms with Crippen LogP contribution in [0.15, 0.2) is 90.2 Å². The van der Waals surface area contributed by atoms with E-state index < -0.39 is 5.97 Å². The Hall–Kier alpha value is -6.63. The van der Waals surface area contributed by atoms with Gasteiger partial charge in [0.25, 0.3) is 11.8 Å². The molecule has 0 bridgehead atoms. The highest BCUT2D eigenvalue weighted by Gasteiger charge is 2.33. The number of carbonyl (C=O) groups is 4. The largest absolute Gasteiger partial charge is 0.493 e. The van der Waals surface area contributed by atoms with Gasteiger partial charge in [-0.2, -0.15) is 0 Å². The van der Waals surface area contributed by atoms with Gasteiger partial charge in [-0.15, -0.1) is 0 Å². The summed E-state index contributed by atoms with van der Waals surface area (Å²) >= 11 is 0. The first-order valence-electron chi connectivity index (χ1n) is 17.5. The van der Waals surface area contributed by atoms with Gasteiger partial charge in [-0.05, 0) is 59.9 Å². The summed E-state index contributed by atoms with van der Waals surface area (Å²) < 4.78 is 19.8. The molecular formula is C41H40N6O7. The van der Waals surface area contributed by atoms with E-state index in [1.54, 1.807) is 65.8 Å². The highest BCUT2D eigenvalue weighted by atomic mass is 16.5. The van der Waals surface area contributed by atoms with Crippen LogP contribution in [0.4, 0.5) is 17.1 Å². The second-order valence-corrected chi connectivity index (χ2v) is 13.2. The molecule has 276 valence electrons. The summed E-state index contributed by atoms with van der Waals surface area (Å²) in [7, 11) is 6.36. The highest BCUT2D eigenvalue weighted by molar-refractivity contribution is 6.05. The molecule has 0 fully saturated rings. The summed E-state index contributed by atoms with van der Waals surface area (Å²) in [5.74, 6) is -0.254. The lowest BCUT2D eigenvalue weighted by Crippen LogP contribution is -2.44. The molecule has 1 atom stereocenters. The van der Waals surface area contributed by atoms with E-state index in [9.17, 15) is 19.2 Å². The van der Waals surface area contributed by atoms with Gasteiger partial charge >= 0.3 is 5.97 Å². The van der Waals surface area contributed by atoms with Crippen LogP contribution in [-0.4, -0.2) is 70.8 Å². The van der Waals surface area contributed by atoms with Crippen LogP contribution in [0.3, 0.4) is 0 Å². The summed E-state index contributed by atoms with van der Waals surface area (Å²) in [6.07, 6.45) is 6.62. The molecule has 3 aromatic carbocycles. The quantitative estimate of drug-likeness (QED) is 0.122. The molecule has 2 aromatic heterocycles. The van der Waals surface area contributed by atoms with Crippen LogP contribution in [0, 0.1) is 0 Å². The predicted octanol–water partition coefficient (Wildman–Crippen LogP) is 6.16. The first-order chi connectivity index (χ1) is 26.1. The standard InChI is InChI=1S/C41H40N6O7/c1-45-22-28(17-35(45)41(51)53-4)25-11-13-29(14-12-25)44-39(49)34-18-30(24-46(34)2)43-38(48)10-7-15-54-37-20-33-32(19-36(37)52-3)40(50)47-23-27-9-6-5-8-26(27)16-31(47)21-42-33/h5-6,8-9,11-14,17-22,24,31H,7,10,15-16,23H2,1-4H3,(H,43,48)(H,44,49)/t31-/m0/s1. The third-order valence-electron chi connectivity index (χ3n) is 9.65. The monoisotopic (exact) mass is 728 g/mol. The lowest BCUT2D eigenvalue weighted by atomic mass is 9.94. The summed E-state index contributed by atoms with van der Waals surface area (Å²) in [6.45, 7) is 0.737. The predicted molar refractivity (Wildman–Crippen MR) is 204 cm³/mol. The van der Waals surface area contributed by atoms with Crippen molar-refractivity contribution in [2.24, 2.45) is 19.1 Å². The van der Waals surface area contributed by atoms with E-state index in [0.29, 0.717) is 64.9 Å². The number of nitrogens with one attached hydrogen (secondary N) is 2. The van der Waals surface area contributed by atoms with Gasteiger partial charge in [-0.1, -0.05) is 36.4 Å². The van der Waals surface area contributed by atoms with Crippen LogP contribution in [0.25, 0.3) is 11.1 Å². The second kappa shape index (κ2) is 15.2. The molecule has 7 rings (SSSR count). The number of benzene rings is 3. The van der Waals surface area contributed by atoms with Crippen molar-refractivity contribution < 1.29 is 33.4 Å². The number of anilines is 2. The summed E-state index contributed by atoms with van der Waals surface area (Å²) in [5.41, 5.74) is 6.90. The van der Waals surface area contributed by atoms with Crippen molar-refractivity contribution >= 4 is 47.0 Å². The molecule has 0 unspecified atom stereocenters. The fourth-order valence-corrected chi connectivity index (χ4v) is 6.79. The fourth-order valence-electron chi connectivity index (χ4n) is 6.79. The highest BCUT2D eigenvalue weighted by Crippen LogP contribution is 2.38. The average molecular weight is 729 g/mol. The van der Waals surface area contributed by atoms with Gasteiger partial charge < -0.3 is 38.9 Å². The number of fused-ring (bicyclic) bond motifs is 3. The number of rotatable bonds is 11. The summed E-state index contributed by atoms with van der Waals surface area (Å²) in [5, 5.41) is 5.74. The third kappa shape index (κ3) is 7.33. The minimum atomic E-state index is -0.420. The van der Waals surface area contributed by atoms with Gasteiger partial charge in [-0.3, -0.25) is 19.4 Å². The molecule has 5 aromatic rings. The van der Waals surface area contributed by atoms with Gasteiger partial charge in [0.15, 0.2) is 11.5 Å². The van der Waals surface area contributed by atoms with E-state index in [1.807, 2.05) is 41.6 Å². The smallest absolute Gasteiger partial charge is 0.354 e. The van der Waals surface area contributed by atoms with E-state index >= 15 is 0 Å². The number of aryl methyl sites for hydroxylation is 2. The van der Waals surface area contributed by atoms with Gasteiger partial charge in [0, 0.05) is 63.0 Å². The molecule has 2 aliphatic heterocycles. The van der Waals surface area contributed by atoms with Crippen LogP contribution in [0.2, 0.25) is 0 Å². The molecule has 0 aliphatic carbocycles. The number of hydrogen-bond donors (Lipinski definition) is 2. The second-order valence-electron chi connectivity index (χ2n) is 13.2. The zero-order chi connectivity index (χ0) is 37.9. The molecule has 3 amide bonds. The van der Waals surface area contributed by atoms with E-state index in [-0.39, 0.29) is 36.8 Å². The van der Waals surface area contributed by atoms with E-state index in [4.69, 9.17) is 14.2 Å². The number of aromatic nitrogens is 2. The first-order valence-corrected chi connectivity index (χ1v) is 17.5. The van der Waals surface area contributed by atoms with Gasteiger partial charge in [0.05, 0.1) is 43.8 Å². The van der Waals surface area contributed by atoms with Crippen LogP contribution in [0.1, 0.15) is 55.3 Å². The van der Waals surface area contributed by atoms with Crippen LogP contribution in [-0.2, 0) is 36.6 Å². The molecule has 0 saturated heterocycles. The lowest BCUT2D eigenvalue weighted by Gasteiger charge is -2.34. The maximum absolute atomic E-state index is 13.6. The number of nitrogens with zero attached hydrogens (tertiary/aromatic N) is 4. The Labute approximate surface area is 312 Å². The van der Waals surface area contributed by atoms with Crippen molar-refractivity contribution in [3.63, 3.8) is 0 Å². The van der Waals surface area contributed by atoms with E-state index in [1.165, 1.54) is 19.8 Å². The van der Waals surface area contributed by atoms with Crippen LogP contribution >= 0.6 is 0 Å². The summed E-state index contributed by atoms with van der Waals surface area (Å²) in [6, 6.07) is 22.0. The number of esters is 1. The van der Waals surface area contributed by atoms with E-state index in [2.05, 4.69) is 27.8 Å². The number of ether oxygens (including phenoxy) is 3. The number of carbonyl (C=O) groups excluding carboxylic acids is 4. The number of methoxy groups -OCH3 is 2.